The first-order valence-electron chi connectivity index (χ1n) is 6.91. The van der Waals surface area contributed by atoms with E-state index in [1.54, 1.807) is 0 Å². The molecule has 0 radical (unpaired) electrons. The maximum atomic E-state index is 11.3. The van der Waals surface area contributed by atoms with E-state index in [-0.39, 0.29) is 5.92 Å². The Hall–Kier alpha value is -1.31. The number of hydrogen-bond donors (Lipinski definition) is 1. The SMILES string of the molecule is CCCCCCC(Cc1cccc(C)c1)C(=O)O. The Kier molecular flexibility index (Phi) is 6.48. The van der Waals surface area contributed by atoms with Crippen LogP contribution in [0, 0.1) is 12.8 Å². The van der Waals surface area contributed by atoms with E-state index in [1.165, 1.54) is 18.4 Å². The minimum Gasteiger partial charge on any atom is -0.481 e. The molecule has 1 unspecified atom stereocenters. The Bertz CT molecular complexity index is 371. The lowest BCUT2D eigenvalue weighted by Crippen LogP contribution is -2.16. The lowest BCUT2D eigenvalue weighted by molar-refractivity contribution is -0.142. The molecule has 0 aliphatic heterocycles. The van der Waals surface area contributed by atoms with Crippen LogP contribution in [0.2, 0.25) is 0 Å². The van der Waals surface area contributed by atoms with Crippen LogP contribution in [0.4, 0.5) is 0 Å². The van der Waals surface area contributed by atoms with E-state index in [4.69, 9.17) is 0 Å². The number of carboxylic acid groups (broad SMARTS) is 1. The average molecular weight is 248 g/mol. The third kappa shape index (κ3) is 5.35. The van der Waals surface area contributed by atoms with Gasteiger partial charge >= 0.3 is 5.97 Å². The molecule has 0 amide bonds. The van der Waals surface area contributed by atoms with Gasteiger partial charge in [-0.25, -0.2) is 0 Å². The zero-order chi connectivity index (χ0) is 13.4. The predicted molar refractivity (Wildman–Crippen MR) is 74.8 cm³/mol. The molecular weight excluding hydrogens is 224 g/mol. The van der Waals surface area contributed by atoms with Crippen molar-refractivity contribution in [3.8, 4) is 0 Å². The number of benzene rings is 1. The zero-order valence-electron chi connectivity index (χ0n) is 11.5. The van der Waals surface area contributed by atoms with Crippen LogP contribution in [0.1, 0.15) is 50.2 Å². The molecule has 2 heteroatoms. The van der Waals surface area contributed by atoms with E-state index in [9.17, 15) is 9.90 Å². The van der Waals surface area contributed by atoms with Crippen molar-refractivity contribution < 1.29 is 9.90 Å². The maximum absolute atomic E-state index is 11.3. The molecule has 1 N–H and O–H groups in total. The largest absolute Gasteiger partial charge is 0.481 e. The van der Waals surface area contributed by atoms with Gasteiger partial charge in [-0.2, -0.15) is 0 Å². The number of aryl methyl sites for hydroxylation is 1. The summed E-state index contributed by atoms with van der Waals surface area (Å²) in [6.07, 6.45) is 6.02. The van der Waals surface area contributed by atoms with Gasteiger partial charge in [-0.05, 0) is 25.3 Å². The van der Waals surface area contributed by atoms with E-state index in [0.717, 1.165) is 24.8 Å². The Morgan fingerprint density at radius 1 is 1.28 bits per heavy atom. The fraction of sp³-hybridized carbons (Fsp3) is 0.562. The summed E-state index contributed by atoms with van der Waals surface area (Å²) in [5.41, 5.74) is 2.33. The normalized spacial score (nSPS) is 12.3. The van der Waals surface area contributed by atoms with Crippen molar-refractivity contribution in [2.45, 2.75) is 52.4 Å². The highest BCUT2D eigenvalue weighted by Crippen LogP contribution is 2.17. The first-order chi connectivity index (χ1) is 8.63. The summed E-state index contributed by atoms with van der Waals surface area (Å²) in [5.74, 6) is -0.892. The summed E-state index contributed by atoms with van der Waals surface area (Å²) in [6, 6.07) is 8.15. The Morgan fingerprint density at radius 2 is 2.06 bits per heavy atom. The van der Waals surface area contributed by atoms with Crippen molar-refractivity contribution in [1.29, 1.82) is 0 Å². The molecule has 18 heavy (non-hydrogen) atoms. The molecule has 0 saturated carbocycles. The number of unbranched alkanes of at least 4 members (excludes halogenated alkanes) is 3. The Morgan fingerprint density at radius 3 is 2.67 bits per heavy atom. The second-order valence-corrected chi connectivity index (χ2v) is 5.08. The van der Waals surface area contributed by atoms with Crippen LogP contribution in [0.25, 0.3) is 0 Å². The third-order valence-corrected chi connectivity index (χ3v) is 3.32. The van der Waals surface area contributed by atoms with Crippen LogP contribution in [-0.4, -0.2) is 11.1 Å². The quantitative estimate of drug-likeness (QED) is 0.700. The van der Waals surface area contributed by atoms with Crippen molar-refractivity contribution in [2.75, 3.05) is 0 Å². The smallest absolute Gasteiger partial charge is 0.306 e. The molecule has 2 nitrogen and oxygen atoms in total. The highest BCUT2D eigenvalue weighted by molar-refractivity contribution is 5.70. The van der Waals surface area contributed by atoms with Crippen LogP contribution in [-0.2, 0) is 11.2 Å². The molecule has 1 aromatic carbocycles. The molecule has 0 spiro atoms. The summed E-state index contributed by atoms with van der Waals surface area (Å²) in [6.45, 7) is 4.21. The molecule has 0 aromatic heterocycles. The van der Waals surface area contributed by atoms with Gasteiger partial charge in [0.15, 0.2) is 0 Å². The molecule has 1 aromatic rings. The first-order valence-corrected chi connectivity index (χ1v) is 6.91. The van der Waals surface area contributed by atoms with Crippen molar-refractivity contribution in [3.05, 3.63) is 35.4 Å². The van der Waals surface area contributed by atoms with E-state index in [0.29, 0.717) is 6.42 Å². The van der Waals surface area contributed by atoms with Gasteiger partial charge in [0.05, 0.1) is 5.92 Å². The van der Waals surface area contributed by atoms with Gasteiger partial charge in [-0.1, -0.05) is 62.4 Å². The second-order valence-electron chi connectivity index (χ2n) is 5.08. The standard InChI is InChI=1S/C16H24O2/c1-3-4-5-6-10-15(16(17)18)12-14-9-7-8-13(2)11-14/h7-9,11,15H,3-6,10,12H2,1-2H3,(H,17,18). The summed E-state index contributed by atoms with van der Waals surface area (Å²) >= 11 is 0. The Balaban J connectivity index is 2.50. The molecule has 0 saturated heterocycles. The molecular formula is C16H24O2. The van der Waals surface area contributed by atoms with E-state index >= 15 is 0 Å². The zero-order valence-corrected chi connectivity index (χ0v) is 11.5. The molecule has 0 heterocycles. The minimum absolute atomic E-state index is 0.233. The van der Waals surface area contributed by atoms with Gasteiger partial charge in [0, 0.05) is 0 Å². The number of carboxylic acids is 1. The number of carbonyl (C=O) groups is 1. The fourth-order valence-electron chi connectivity index (χ4n) is 2.25. The van der Waals surface area contributed by atoms with Gasteiger partial charge in [-0.15, -0.1) is 0 Å². The molecule has 100 valence electrons. The molecule has 1 rings (SSSR count). The van der Waals surface area contributed by atoms with E-state index in [1.807, 2.05) is 25.1 Å². The van der Waals surface area contributed by atoms with Crippen molar-refractivity contribution >= 4 is 5.97 Å². The number of hydrogen-bond acceptors (Lipinski definition) is 1. The summed E-state index contributed by atoms with van der Waals surface area (Å²) in [7, 11) is 0. The summed E-state index contributed by atoms with van der Waals surface area (Å²) < 4.78 is 0. The van der Waals surface area contributed by atoms with Crippen LogP contribution in [0.5, 0.6) is 0 Å². The Labute approximate surface area is 110 Å². The second kappa shape index (κ2) is 7.91. The van der Waals surface area contributed by atoms with Gasteiger partial charge in [0.2, 0.25) is 0 Å². The van der Waals surface area contributed by atoms with Crippen LogP contribution >= 0.6 is 0 Å². The monoisotopic (exact) mass is 248 g/mol. The van der Waals surface area contributed by atoms with Crippen molar-refractivity contribution in [3.63, 3.8) is 0 Å². The minimum atomic E-state index is -0.659. The van der Waals surface area contributed by atoms with Gasteiger partial charge in [0.25, 0.3) is 0 Å². The fourth-order valence-corrected chi connectivity index (χ4v) is 2.25. The maximum Gasteiger partial charge on any atom is 0.306 e. The highest BCUT2D eigenvalue weighted by atomic mass is 16.4. The number of aliphatic carboxylic acids is 1. The molecule has 0 fully saturated rings. The third-order valence-electron chi connectivity index (χ3n) is 3.32. The predicted octanol–water partition coefficient (Wildman–Crippen LogP) is 4.21. The van der Waals surface area contributed by atoms with E-state index in [2.05, 4.69) is 13.0 Å². The van der Waals surface area contributed by atoms with Crippen LogP contribution in [0.15, 0.2) is 24.3 Å². The van der Waals surface area contributed by atoms with E-state index < -0.39 is 5.97 Å². The lowest BCUT2D eigenvalue weighted by Gasteiger charge is -2.12. The topological polar surface area (TPSA) is 37.3 Å². The van der Waals surface area contributed by atoms with Gasteiger partial charge in [0.1, 0.15) is 0 Å². The first kappa shape index (κ1) is 14.7. The average Bonchev–Trinajstić information content (AvgIpc) is 2.33. The summed E-state index contributed by atoms with van der Waals surface area (Å²) in [4.78, 5) is 11.3. The molecule has 0 bridgehead atoms. The molecule has 1 atom stereocenters. The van der Waals surface area contributed by atoms with Crippen LogP contribution in [0.3, 0.4) is 0 Å². The molecule has 0 aliphatic carbocycles. The summed E-state index contributed by atoms with van der Waals surface area (Å²) in [5, 5.41) is 9.26. The highest BCUT2D eigenvalue weighted by Gasteiger charge is 2.17. The van der Waals surface area contributed by atoms with Crippen molar-refractivity contribution in [1.82, 2.24) is 0 Å². The van der Waals surface area contributed by atoms with Gasteiger partial charge < -0.3 is 5.11 Å². The molecule has 0 aliphatic rings. The van der Waals surface area contributed by atoms with Gasteiger partial charge in [-0.3, -0.25) is 4.79 Å². The lowest BCUT2D eigenvalue weighted by atomic mass is 9.93. The van der Waals surface area contributed by atoms with Crippen molar-refractivity contribution in [2.24, 2.45) is 5.92 Å². The van der Waals surface area contributed by atoms with Crippen LogP contribution < -0.4 is 0 Å². The number of rotatable bonds is 8.